The summed E-state index contributed by atoms with van der Waals surface area (Å²) in [4.78, 5) is 16.0. The molecule has 0 spiro atoms. The molecule has 1 heterocycles. The highest BCUT2D eigenvalue weighted by Gasteiger charge is 2.24. The van der Waals surface area contributed by atoms with Gasteiger partial charge < -0.3 is 10.1 Å². The minimum atomic E-state index is -0.424. The maximum Gasteiger partial charge on any atom is 0.407 e. The number of aromatic nitrogens is 1. The number of alkyl carbamates (subject to hydrolysis) is 1. The third-order valence-electron chi connectivity index (χ3n) is 3.58. The standard InChI is InChI=1S/C15H24N2O2S/c1-15(2,3)19-14(18)17-10-11-4-6-12(7-5-11)13-16-8-9-20-13/h8-9,11-12H,4-7,10H2,1-3H3,(H,17,18)/t11-,12-. The topological polar surface area (TPSA) is 51.2 Å². The number of hydrogen-bond donors (Lipinski definition) is 1. The maximum atomic E-state index is 11.6. The van der Waals surface area contributed by atoms with Crippen LogP contribution in [0.15, 0.2) is 11.6 Å². The lowest BCUT2D eigenvalue weighted by atomic mass is 9.82. The molecule has 1 N–H and O–H groups in total. The van der Waals surface area contributed by atoms with Gasteiger partial charge in [-0.25, -0.2) is 9.78 Å². The molecule has 0 aliphatic heterocycles. The molecule has 2 rings (SSSR count). The minimum Gasteiger partial charge on any atom is -0.444 e. The van der Waals surface area contributed by atoms with Crippen molar-refractivity contribution in [3.05, 3.63) is 16.6 Å². The van der Waals surface area contributed by atoms with Gasteiger partial charge in [-0.1, -0.05) is 0 Å². The lowest BCUT2D eigenvalue weighted by Gasteiger charge is -2.28. The van der Waals surface area contributed by atoms with E-state index in [1.54, 1.807) is 11.3 Å². The van der Waals surface area contributed by atoms with Gasteiger partial charge in [-0.3, -0.25) is 0 Å². The monoisotopic (exact) mass is 296 g/mol. The Morgan fingerprint density at radius 3 is 2.65 bits per heavy atom. The molecule has 4 nitrogen and oxygen atoms in total. The molecule has 1 fully saturated rings. The average Bonchev–Trinajstić information content (AvgIpc) is 2.89. The zero-order valence-corrected chi connectivity index (χ0v) is 13.3. The number of carbonyl (C=O) groups excluding carboxylic acids is 1. The molecule has 0 bridgehead atoms. The quantitative estimate of drug-likeness (QED) is 0.919. The third-order valence-corrected chi connectivity index (χ3v) is 4.52. The van der Waals surface area contributed by atoms with Crippen molar-refractivity contribution in [2.75, 3.05) is 6.54 Å². The van der Waals surface area contributed by atoms with Gasteiger partial charge >= 0.3 is 6.09 Å². The van der Waals surface area contributed by atoms with E-state index in [0.29, 0.717) is 11.8 Å². The average molecular weight is 296 g/mol. The van der Waals surface area contributed by atoms with E-state index in [-0.39, 0.29) is 6.09 Å². The van der Waals surface area contributed by atoms with Gasteiger partial charge in [0.05, 0.1) is 5.01 Å². The Kier molecular flexibility index (Phi) is 5.02. The van der Waals surface area contributed by atoms with E-state index in [2.05, 4.69) is 10.3 Å². The molecule has 0 unspecified atom stereocenters. The van der Waals surface area contributed by atoms with E-state index in [9.17, 15) is 4.79 Å². The number of carbonyl (C=O) groups is 1. The van der Waals surface area contributed by atoms with Gasteiger partial charge in [0.2, 0.25) is 0 Å². The number of ether oxygens (including phenoxy) is 1. The van der Waals surface area contributed by atoms with Crippen LogP contribution >= 0.6 is 11.3 Å². The molecule has 1 saturated carbocycles. The van der Waals surface area contributed by atoms with Crippen LogP contribution in [0.5, 0.6) is 0 Å². The summed E-state index contributed by atoms with van der Waals surface area (Å²) in [7, 11) is 0. The van der Waals surface area contributed by atoms with Crippen molar-refractivity contribution in [3.8, 4) is 0 Å². The second-order valence-corrected chi connectivity index (χ2v) is 7.40. The molecule has 5 heteroatoms. The zero-order chi connectivity index (χ0) is 14.6. The zero-order valence-electron chi connectivity index (χ0n) is 12.5. The molecule has 0 aromatic carbocycles. The van der Waals surface area contributed by atoms with Gasteiger partial charge in [-0.2, -0.15) is 0 Å². The summed E-state index contributed by atoms with van der Waals surface area (Å²) < 4.78 is 5.25. The predicted octanol–water partition coefficient (Wildman–Crippen LogP) is 3.94. The number of rotatable bonds is 3. The summed E-state index contributed by atoms with van der Waals surface area (Å²) in [5.41, 5.74) is -0.424. The van der Waals surface area contributed by atoms with Gasteiger partial charge in [-0.05, 0) is 52.4 Å². The smallest absolute Gasteiger partial charge is 0.407 e. The summed E-state index contributed by atoms with van der Waals surface area (Å²) in [6.45, 7) is 6.36. The van der Waals surface area contributed by atoms with Gasteiger partial charge in [0, 0.05) is 24.0 Å². The van der Waals surface area contributed by atoms with Crippen molar-refractivity contribution in [1.82, 2.24) is 10.3 Å². The Hall–Kier alpha value is -1.10. The Morgan fingerprint density at radius 1 is 1.40 bits per heavy atom. The number of nitrogens with zero attached hydrogens (tertiary/aromatic N) is 1. The Bertz CT molecular complexity index is 418. The van der Waals surface area contributed by atoms with Crippen molar-refractivity contribution in [3.63, 3.8) is 0 Å². The fourth-order valence-corrected chi connectivity index (χ4v) is 3.40. The van der Waals surface area contributed by atoms with Crippen LogP contribution in [-0.4, -0.2) is 23.2 Å². The van der Waals surface area contributed by atoms with Crippen molar-refractivity contribution >= 4 is 17.4 Å². The number of amides is 1. The van der Waals surface area contributed by atoms with Crippen LogP contribution in [-0.2, 0) is 4.74 Å². The highest BCUT2D eigenvalue weighted by Crippen LogP contribution is 2.36. The molecule has 1 amide bonds. The van der Waals surface area contributed by atoms with Gasteiger partial charge in [0.25, 0.3) is 0 Å². The van der Waals surface area contributed by atoms with Crippen LogP contribution in [0, 0.1) is 5.92 Å². The fourth-order valence-electron chi connectivity index (χ4n) is 2.59. The Morgan fingerprint density at radius 2 is 2.10 bits per heavy atom. The molecule has 0 atom stereocenters. The summed E-state index contributed by atoms with van der Waals surface area (Å²) in [6.07, 6.45) is 6.23. The first-order valence-electron chi connectivity index (χ1n) is 7.30. The first kappa shape index (κ1) is 15.3. The summed E-state index contributed by atoms with van der Waals surface area (Å²) >= 11 is 1.75. The molecule has 20 heavy (non-hydrogen) atoms. The van der Waals surface area contributed by atoms with Crippen LogP contribution in [0.4, 0.5) is 4.79 Å². The van der Waals surface area contributed by atoms with E-state index in [1.165, 1.54) is 17.8 Å². The summed E-state index contributed by atoms with van der Waals surface area (Å²) in [5.74, 6) is 1.19. The fraction of sp³-hybridized carbons (Fsp3) is 0.733. The second kappa shape index (κ2) is 6.57. The highest BCUT2D eigenvalue weighted by molar-refractivity contribution is 7.09. The van der Waals surface area contributed by atoms with Crippen LogP contribution in [0.2, 0.25) is 0 Å². The number of nitrogens with one attached hydrogen (secondary N) is 1. The SMILES string of the molecule is CC(C)(C)OC(=O)NC[C@H]1CC[C@H](c2nccs2)CC1. The van der Waals surface area contributed by atoms with Gasteiger partial charge in [-0.15, -0.1) is 11.3 Å². The molecule has 1 aromatic rings. The lowest BCUT2D eigenvalue weighted by molar-refractivity contribution is 0.0514. The predicted molar refractivity (Wildman–Crippen MR) is 81.0 cm³/mol. The van der Waals surface area contributed by atoms with Crippen LogP contribution in [0.1, 0.15) is 57.4 Å². The van der Waals surface area contributed by atoms with Crippen molar-refractivity contribution in [2.24, 2.45) is 5.92 Å². The molecule has 0 radical (unpaired) electrons. The number of hydrogen-bond acceptors (Lipinski definition) is 4. The van der Waals surface area contributed by atoms with E-state index in [4.69, 9.17) is 4.74 Å². The molecule has 112 valence electrons. The minimum absolute atomic E-state index is 0.306. The second-order valence-electron chi connectivity index (χ2n) is 6.47. The van der Waals surface area contributed by atoms with Crippen LogP contribution < -0.4 is 5.32 Å². The van der Waals surface area contributed by atoms with Crippen molar-refractivity contribution in [1.29, 1.82) is 0 Å². The Balaban J connectivity index is 1.68. The summed E-state index contributed by atoms with van der Waals surface area (Å²) in [6, 6.07) is 0. The van der Waals surface area contributed by atoms with Gasteiger partial charge in [0.15, 0.2) is 0 Å². The molecule has 1 aromatic heterocycles. The van der Waals surface area contributed by atoms with Crippen molar-refractivity contribution in [2.45, 2.75) is 58.0 Å². The van der Waals surface area contributed by atoms with E-state index >= 15 is 0 Å². The van der Waals surface area contributed by atoms with Gasteiger partial charge in [0.1, 0.15) is 5.60 Å². The molecule has 1 aliphatic carbocycles. The first-order valence-corrected chi connectivity index (χ1v) is 8.18. The molecular weight excluding hydrogens is 272 g/mol. The van der Waals surface area contributed by atoms with Crippen LogP contribution in [0.25, 0.3) is 0 Å². The molecular formula is C15H24N2O2S. The van der Waals surface area contributed by atoms with Crippen molar-refractivity contribution < 1.29 is 9.53 Å². The van der Waals surface area contributed by atoms with E-state index in [1.807, 2.05) is 32.3 Å². The normalized spacial score (nSPS) is 23.4. The highest BCUT2D eigenvalue weighted by atomic mass is 32.1. The summed E-state index contributed by atoms with van der Waals surface area (Å²) in [5, 5.41) is 6.20. The molecule has 0 saturated heterocycles. The molecule has 1 aliphatic rings. The number of thiazole rings is 1. The third kappa shape index (κ3) is 4.78. The van der Waals surface area contributed by atoms with Crippen LogP contribution in [0.3, 0.4) is 0 Å². The van der Waals surface area contributed by atoms with E-state index in [0.717, 1.165) is 19.4 Å². The Labute approximate surface area is 124 Å². The largest absolute Gasteiger partial charge is 0.444 e. The first-order chi connectivity index (χ1) is 9.44. The lowest BCUT2D eigenvalue weighted by Crippen LogP contribution is -2.36. The van der Waals surface area contributed by atoms with E-state index < -0.39 is 5.60 Å². The maximum absolute atomic E-state index is 11.6.